The van der Waals surface area contributed by atoms with Crippen molar-refractivity contribution in [2.45, 2.75) is 17.4 Å². The van der Waals surface area contributed by atoms with Gasteiger partial charge in [0.2, 0.25) is 0 Å². The fraction of sp³-hybridized carbons (Fsp3) is 0.389. The first-order chi connectivity index (χ1) is 13.3. The van der Waals surface area contributed by atoms with Crippen molar-refractivity contribution < 1.29 is 27.4 Å². The molecule has 0 saturated heterocycles. The lowest BCUT2D eigenvalue weighted by Crippen LogP contribution is -2.38. The summed E-state index contributed by atoms with van der Waals surface area (Å²) in [6.45, 7) is 0.424. The number of anilines is 1. The van der Waals surface area contributed by atoms with Crippen molar-refractivity contribution in [3.05, 3.63) is 34.0 Å². The Hall–Kier alpha value is -2.30. The molecule has 1 aromatic carbocycles. The van der Waals surface area contributed by atoms with Crippen LogP contribution in [0.1, 0.15) is 15.2 Å². The van der Waals surface area contributed by atoms with E-state index in [0.717, 1.165) is 16.9 Å². The quantitative estimate of drug-likeness (QED) is 0.708. The molecule has 0 unspecified atom stereocenters. The Morgan fingerprint density at radius 1 is 1.29 bits per heavy atom. The van der Waals surface area contributed by atoms with E-state index in [9.17, 15) is 13.2 Å². The van der Waals surface area contributed by atoms with E-state index in [4.69, 9.17) is 9.47 Å². The minimum atomic E-state index is -4.01. The van der Waals surface area contributed by atoms with Crippen LogP contribution in [0.3, 0.4) is 0 Å². The summed E-state index contributed by atoms with van der Waals surface area (Å²) in [7, 11) is 2.68. The van der Waals surface area contributed by atoms with E-state index in [-0.39, 0.29) is 15.8 Å². The Morgan fingerprint density at radius 3 is 2.68 bits per heavy atom. The minimum Gasteiger partial charge on any atom is -0.496 e. The molecule has 10 heteroatoms. The van der Waals surface area contributed by atoms with Crippen LogP contribution in [0.5, 0.6) is 11.5 Å². The Labute approximate surface area is 168 Å². The minimum absolute atomic E-state index is 0.0194. The number of carbonyl (C=O) groups excluding carboxylic acids is 1. The SMILES string of the molecule is COC(=O)c1sccc1S(=O)(=O)Nc1ccc(OC)c2c1OC[C@H](N(C)C)C2. The number of likely N-dealkylation sites (N-methyl/N-ethyl adjacent to an activating group) is 1. The Morgan fingerprint density at radius 2 is 2.04 bits per heavy atom. The molecule has 1 aliphatic rings. The van der Waals surface area contributed by atoms with Gasteiger partial charge in [-0.1, -0.05) is 0 Å². The van der Waals surface area contributed by atoms with Crippen molar-refractivity contribution in [3.63, 3.8) is 0 Å². The molecule has 3 rings (SSSR count). The first-order valence-corrected chi connectivity index (χ1v) is 10.8. The molecule has 0 amide bonds. The number of fused-ring (bicyclic) bond motifs is 1. The normalized spacial score (nSPS) is 16.2. The zero-order chi connectivity index (χ0) is 20.5. The maximum atomic E-state index is 12.9. The van der Waals surface area contributed by atoms with Gasteiger partial charge in [0, 0.05) is 11.6 Å². The van der Waals surface area contributed by atoms with Gasteiger partial charge in [0.1, 0.15) is 27.9 Å². The van der Waals surface area contributed by atoms with Gasteiger partial charge in [-0.25, -0.2) is 13.2 Å². The number of carbonyl (C=O) groups is 1. The van der Waals surface area contributed by atoms with E-state index < -0.39 is 16.0 Å². The lowest BCUT2D eigenvalue weighted by Gasteiger charge is -2.32. The second kappa shape index (κ2) is 7.98. The van der Waals surface area contributed by atoms with Crippen molar-refractivity contribution in [1.82, 2.24) is 4.90 Å². The average Bonchev–Trinajstić information content (AvgIpc) is 3.18. The van der Waals surface area contributed by atoms with Crippen LogP contribution in [0.4, 0.5) is 5.69 Å². The van der Waals surface area contributed by atoms with Crippen molar-refractivity contribution >= 4 is 33.0 Å². The van der Waals surface area contributed by atoms with Gasteiger partial charge in [0.25, 0.3) is 10.0 Å². The number of nitrogens with one attached hydrogen (secondary N) is 1. The van der Waals surface area contributed by atoms with Gasteiger partial charge < -0.3 is 19.1 Å². The van der Waals surface area contributed by atoms with E-state index in [1.807, 2.05) is 19.0 Å². The first-order valence-electron chi connectivity index (χ1n) is 8.46. The third-order valence-corrected chi connectivity index (χ3v) is 6.99. The van der Waals surface area contributed by atoms with E-state index in [0.29, 0.717) is 30.2 Å². The van der Waals surface area contributed by atoms with Gasteiger partial charge in [-0.15, -0.1) is 11.3 Å². The first kappa shape index (κ1) is 20.4. The molecule has 2 heterocycles. The van der Waals surface area contributed by atoms with Gasteiger partial charge in [-0.3, -0.25) is 4.72 Å². The fourth-order valence-electron chi connectivity index (χ4n) is 3.00. The van der Waals surface area contributed by atoms with E-state index >= 15 is 0 Å². The van der Waals surface area contributed by atoms with Crippen molar-refractivity contribution in [2.24, 2.45) is 0 Å². The zero-order valence-corrected chi connectivity index (χ0v) is 17.6. The van der Waals surface area contributed by atoms with E-state index in [1.54, 1.807) is 19.2 Å². The number of rotatable bonds is 6. The molecule has 2 aromatic rings. The zero-order valence-electron chi connectivity index (χ0n) is 16.0. The summed E-state index contributed by atoms with van der Waals surface area (Å²) in [4.78, 5) is 13.8. The van der Waals surface area contributed by atoms with Crippen LogP contribution in [0.15, 0.2) is 28.5 Å². The predicted molar refractivity (Wildman–Crippen MR) is 106 cm³/mol. The summed E-state index contributed by atoms with van der Waals surface area (Å²) >= 11 is 1.01. The number of sulfonamides is 1. The monoisotopic (exact) mass is 426 g/mol. The van der Waals surface area contributed by atoms with Crippen LogP contribution in [0.2, 0.25) is 0 Å². The summed E-state index contributed by atoms with van der Waals surface area (Å²) < 4.78 is 44.4. The molecule has 0 saturated carbocycles. The number of benzene rings is 1. The number of hydrogen-bond acceptors (Lipinski definition) is 8. The molecule has 1 N–H and O–H groups in total. The lowest BCUT2D eigenvalue weighted by atomic mass is 10.00. The number of thiophene rings is 1. The van der Waals surface area contributed by atoms with Crippen LogP contribution < -0.4 is 14.2 Å². The molecule has 0 bridgehead atoms. The highest BCUT2D eigenvalue weighted by molar-refractivity contribution is 7.93. The van der Waals surface area contributed by atoms with Crippen LogP contribution in [0, 0.1) is 0 Å². The highest BCUT2D eigenvalue weighted by Crippen LogP contribution is 2.41. The number of nitrogens with zero attached hydrogens (tertiary/aromatic N) is 1. The number of ether oxygens (including phenoxy) is 3. The van der Waals surface area contributed by atoms with Crippen LogP contribution in [-0.4, -0.2) is 60.3 Å². The van der Waals surface area contributed by atoms with Crippen molar-refractivity contribution in [2.75, 3.05) is 39.6 Å². The molecule has 0 spiro atoms. The molecule has 152 valence electrons. The summed E-state index contributed by atoms with van der Waals surface area (Å²) in [5.74, 6) is 0.378. The maximum Gasteiger partial charge on any atom is 0.349 e. The summed E-state index contributed by atoms with van der Waals surface area (Å²) in [6, 6.07) is 4.82. The molecular weight excluding hydrogens is 404 g/mol. The Bertz CT molecular complexity index is 984. The van der Waals surface area contributed by atoms with Crippen LogP contribution >= 0.6 is 11.3 Å². The summed E-state index contributed by atoms with van der Waals surface area (Å²) in [6.07, 6.45) is 0.660. The molecular formula is C18H22N2O6S2. The number of esters is 1. The molecule has 28 heavy (non-hydrogen) atoms. The highest BCUT2D eigenvalue weighted by Gasteiger charge is 2.30. The van der Waals surface area contributed by atoms with Gasteiger partial charge >= 0.3 is 5.97 Å². The molecule has 0 aliphatic carbocycles. The Balaban J connectivity index is 1.99. The number of hydrogen-bond donors (Lipinski definition) is 1. The smallest absolute Gasteiger partial charge is 0.349 e. The number of methoxy groups -OCH3 is 2. The Kier molecular flexibility index (Phi) is 5.82. The van der Waals surface area contributed by atoms with Crippen molar-refractivity contribution in [1.29, 1.82) is 0 Å². The van der Waals surface area contributed by atoms with Crippen molar-refractivity contribution in [3.8, 4) is 11.5 Å². The third-order valence-electron chi connectivity index (χ3n) is 4.56. The summed E-state index contributed by atoms with van der Waals surface area (Å²) in [5, 5.41) is 1.53. The maximum absolute atomic E-state index is 12.9. The van der Waals surface area contributed by atoms with Gasteiger partial charge in [0.05, 0.1) is 19.9 Å². The second-order valence-corrected chi connectivity index (χ2v) is 9.03. The van der Waals surface area contributed by atoms with Gasteiger partial charge in [-0.2, -0.15) is 0 Å². The predicted octanol–water partition coefficient (Wildman–Crippen LogP) is 2.21. The molecule has 1 aromatic heterocycles. The molecule has 0 fully saturated rings. The highest BCUT2D eigenvalue weighted by atomic mass is 32.2. The second-order valence-electron chi connectivity index (χ2n) is 6.47. The third kappa shape index (κ3) is 3.80. The average molecular weight is 427 g/mol. The van der Waals surface area contributed by atoms with Gasteiger partial charge in [-0.05, 0) is 44.1 Å². The largest absolute Gasteiger partial charge is 0.496 e. The summed E-state index contributed by atoms with van der Waals surface area (Å²) in [5.41, 5.74) is 1.10. The standard InChI is InChI=1S/C18H22N2O6S2/c1-20(2)11-9-12-14(24-3)6-5-13(16(12)26-10-11)19-28(22,23)15-7-8-27-17(15)18(21)25-4/h5-8,11,19H,9-10H2,1-4H3/t11-/m1/s1. The van der Waals surface area contributed by atoms with Crippen LogP contribution in [-0.2, 0) is 21.2 Å². The topological polar surface area (TPSA) is 94.2 Å². The lowest BCUT2D eigenvalue weighted by molar-refractivity contribution is 0.0602. The fourth-order valence-corrected chi connectivity index (χ4v) is 5.39. The van der Waals surface area contributed by atoms with Crippen LogP contribution in [0.25, 0.3) is 0 Å². The molecule has 1 aliphatic heterocycles. The van der Waals surface area contributed by atoms with Gasteiger partial charge in [0.15, 0.2) is 0 Å². The molecule has 0 radical (unpaired) electrons. The van der Waals surface area contributed by atoms with E-state index in [1.165, 1.54) is 18.6 Å². The van der Waals surface area contributed by atoms with E-state index in [2.05, 4.69) is 9.46 Å². The molecule has 8 nitrogen and oxygen atoms in total. The molecule has 1 atom stereocenters.